The average Bonchev–Trinajstić information content (AvgIpc) is 2.90. The van der Waals surface area contributed by atoms with Gasteiger partial charge in [0.1, 0.15) is 0 Å². The van der Waals surface area contributed by atoms with Crippen molar-refractivity contribution in [3.05, 3.63) is 24.0 Å². The van der Waals surface area contributed by atoms with Crippen molar-refractivity contribution in [2.45, 2.75) is 31.2 Å². The number of hydrogen-bond acceptors (Lipinski definition) is 5. The third kappa shape index (κ3) is 2.72. The normalized spacial score (nSPS) is 26.5. The van der Waals surface area contributed by atoms with Crippen molar-refractivity contribution >= 4 is 15.9 Å². The van der Waals surface area contributed by atoms with Crippen molar-refractivity contribution in [1.82, 2.24) is 19.4 Å². The van der Waals surface area contributed by atoms with E-state index in [1.54, 1.807) is 15.3 Å². The first kappa shape index (κ1) is 15.4. The summed E-state index contributed by atoms with van der Waals surface area (Å²) < 4.78 is 25.7. The van der Waals surface area contributed by atoms with Crippen LogP contribution in [0.3, 0.4) is 0 Å². The standard InChI is InChI=1S/C14H20N4O3S/c1-22(20,21)18-9-3-6-14(18)5-2-8-17(11-14)13(19)12-4-7-15-16-10-12/h4,7,10H,2-3,5-6,8-9,11H2,1H3/t14-/m0/s1. The smallest absolute Gasteiger partial charge is 0.255 e. The van der Waals surface area contributed by atoms with Gasteiger partial charge in [-0.1, -0.05) is 0 Å². The molecule has 3 heterocycles. The van der Waals surface area contributed by atoms with E-state index in [-0.39, 0.29) is 5.91 Å². The Kier molecular flexibility index (Phi) is 3.90. The summed E-state index contributed by atoms with van der Waals surface area (Å²) in [5.74, 6) is -0.102. The maximum absolute atomic E-state index is 12.6. The molecule has 1 spiro atoms. The van der Waals surface area contributed by atoms with Crippen LogP contribution in [-0.4, -0.2) is 65.2 Å². The Morgan fingerprint density at radius 3 is 2.59 bits per heavy atom. The zero-order valence-corrected chi connectivity index (χ0v) is 13.4. The molecule has 0 N–H and O–H groups in total. The van der Waals surface area contributed by atoms with Crippen LogP contribution in [0.4, 0.5) is 0 Å². The Labute approximate surface area is 130 Å². The second kappa shape index (κ2) is 5.58. The first-order valence-electron chi connectivity index (χ1n) is 7.46. The summed E-state index contributed by atoms with van der Waals surface area (Å²) in [6.45, 7) is 1.67. The van der Waals surface area contributed by atoms with Crippen molar-refractivity contribution in [3.63, 3.8) is 0 Å². The highest BCUT2D eigenvalue weighted by Crippen LogP contribution is 2.39. The molecule has 1 amide bonds. The van der Waals surface area contributed by atoms with Gasteiger partial charge in [0.2, 0.25) is 10.0 Å². The van der Waals surface area contributed by atoms with Gasteiger partial charge in [-0.05, 0) is 31.7 Å². The van der Waals surface area contributed by atoms with Crippen molar-refractivity contribution in [3.8, 4) is 0 Å². The van der Waals surface area contributed by atoms with Crippen LogP contribution in [0.2, 0.25) is 0 Å². The van der Waals surface area contributed by atoms with E-state index < -0.39 is 15.6 Å². The molecule has 2 fully saturated rings. The summed E-state index contributed by atoms with van der Waals surface area (Å²) in [5.41, 5.74) is 0.0676. The molecule has 0 unspecified atom stereocenters. The zero-order chi connectivity index (χ0) is 15.8. The van der Waals surface area contributed by atoms with E-state index in [1.807, 2.05) is 0 Å². The van der Waals surface area contributed by atoms with Crippen molar-refractivity contribution in [1.29, 1.82) is 0 Å². The largest absolute Gasteiger partial charge is 0.337 e. The highest BCUT2D eigenvalue weighted by molar-refractivity contribution is 7.88. The molecule has 2 aliphatic heterocycles. The van der Waals surface area contributed by atoms with E-state index in [2.05, 4.69) is 10.2 Å². The monoisotopic (exact) mass is 324 g/mol. The van der Waals surface area contributed by atoms with Crippen LogP contribution >= 0.6 is 0 Å². The minimum Gasteiger partial charge on any atom is -0.337 e. The summed E-state index contributed by atoms with van der Waals surface area (Å²) in [6, 6.07) is 1.64. The molecule has 0 radical (unpaired) electrons. The van der Waals surface area contributed by atoms with Crippen LogP contribution in [0.15, 0.2) is 18.5 Å². The number of aromatic nitrogens is 2. The molecule has 1 aromatic rings. The van der Waals surface area contributed by atoms with Crippen LogP contribution < -0.4 is 0 Å². The fourth-order valence-corrected chi connectivity index (χ4v) is 5.13. The molecule has 1 atom stereocenters. The molecule has 8 heteroatoms. The van der Waals surface area contributed by atoms with Gasteiger partial charge < -0.3 is 4.90 Å². The second-order valence-corrected chi connectivity index (χ2v) is 8.03. The molecule has 0 saturated carbocycles. The van der Waals surface area contributed by atoms with Crippen LogP contribution in [0, 0.1) is 0 Å². The number of amides is 1. The van der Waals surface area contributed by atoms with Gasteiger partial charge in [0.15, 0.2) is 0 Å². The SMILES string of the molecule is CS(=O)(=O)N1CCC[C@]12CCCN(C(=O)c1ccnnc1)C2. The Bertz CT molecular complexity index is 664. The number of likely N-dealkylation sites (tertiary alicyclic amines) is 1. The van der Waals surface area contributed by atoms with E-state index in [0.717, 1.165) is 25.7 Å². The van der Waals surface area contributed by atoms with E-state index in [4.69, 9.17) is 0 Å². The number of carbonyl (C=O) groups excluding carboxylic acids is 1. The number of nitrogens with zero attached hydrogens (tertiary/aromatic N) is 4. The highest BCUT2D eigenvalue weighted by atomic mass is 32.2. The van der Waals surface area contributed by atoms with Crippen LogP contribution in [0.5, 0.6) is 0 Å². The number of sulfonamides is 1. The minimum absolute atomic E-state index is 0.102. The third-order valence-corrected chi connectivity index (χ3v) is 5.98. The van der Waals surface area contributed by atoms with Gasteiger partial charge in [0.25, 0.3) is 5.91 Å². The van der Waals surface area contributed by atoms with Gasteiger partial charge in [0.05, 0.1) is 29.8 Å². The lowest BCUT2D eigenvalue weighted by molar-refractivity contribution is 0.0524. The molecule has 0 bridgehead atoms. The number of piperidine rings is 1. The molecule has 22 heavy (non-hydrogen) atoms. The van der Waals surface area contributed by atoms with Crippen molar-refractivity contribution in [2.24, 2.45) is 0 Å². The Balaban J connectivity index is 1.84. The molecular weight excluding hydrogens is 304 g/mol. The lowest BCUT2D eigenvalue weighted by Crippen LogP contribution is -2.58. The van der Waals surface area contributed by atoms with Gasteiger partial charge in [-0.25, -0.2) is 8.42 Å². The Morgan fingerprint density at radius 2 is 1.95 bits per heavy atom. The van der Waals surface area contributed by atoms with E-state index in [0.29, 0.717) is 25.2 Å². The van der Waals surface area contributed by atoms with Gasteiger partial charge >= 0.3 is 0 Å². The van der Waals surface area contributed by atoms with Crippen LogP contribution in [-0.2, 0) is 10.0 Å². The molecule has 7 nitrogen and oxygen atoms in total. The Morgan fingerprint density at radius 1 is 1.23 bits per heavy atom. The summed E-state index contributed by atoms with van der Waals surface area (Å²) in [5, 5.41) is 7.42. The number of carbonyl (C=O) groups is 1. The van der Waals surface area contributed by atoms with Crippen molar-refractivity contribution < 1.29 is 13.2 Å². The van der Waals surface area contributed by atoms with E-state index in [1.165, 1.54) is 18.6 Å². The first-order valence-corrected chi connectivity index (χ1v) is 9.31. The molecule has 2 aliphatic rings. The summed E-state index contributed by atoms with van der Waals surface area (Å²) in [6.07, 6.45) is 7.50. The topological polar surface area (TPSA) is 83.5 Å². The maximum Gasteiger partial charge on any atom is 0.255 e. The lowest BCUT2D eigenvalue weighted by atomic mass is 9.87. The predicted octanol–water partition coefficient (Wildman–Crippen LogP) is 0.507. The molecule has 1 aromatic heterocycles. The maximum atomic E-state index is 12.6. The molecular formula is C14H20N4O3S. The lowest BCUT2D eigenvalue weighted by Gasteiger charge is -2.44. The molecule has 0 aliphatic carbocycles. The van der Waals surface area contributed by atoms with Crippen LogP contribution in [0.25, 0.3) is 0 Å². The van der Waals surface area contributed by atoms with Crippen LogP contribution in [0.1, 0.15) is 36.0 Å². The summed E-state index contributed by atoms with van der Waals surface area (Å²) in [4.78, 5) is 14.3. The second-order valence-electron chi connectivity index (χ2n) is 6.12. The summed E-state index contributed by atoms with van der Waals surface area (Å²) >= 11 is 0. The zero-order valence-electron chi connectivity index (χ0n) is 12.6. The molecule has 3 rings (SSSR count). The average molecular weight is 324 g/mol. The summed E-state index contributed by atoms with van der Waals surface area (Å²) in [7, 11) is -3.25. The van der Waals surface area contributed by atoms with Crippen molar-refractivity contribution in [2.75, 3.05) is 25.9 Å². The van der Waals surface area contributed by atoms with Gasteiger partial charge in [-0.15, -0.1) is 0 Å². The quantitative estimate of drug-likeness (QED) is 0.791. The molecule has 0 aromatic carbocycles. The van der Waals surface area contributed by atoms with Gasteiger partial charge in [-0.3, -0.25) is 4.79 Å². The minimum atomic E-state index is -3.25. The fraction of sp³-hybridized carbons (Fsp3) is 0.643. The number of hydrogen-bond donors (Lipinski definition) is 0. The number of rotatable bonds is 2. The highest BCUT2D eigenvalue weighted by Gasteiger charge is 2.48. The predicted molar refractivity (Wildman–Crippen MR) is 80.7 cm³/mol. The fourth-order valence-electron chi connectivity index (χ4n) is 3.72. The van der Waals surface area contributed by atoms with Gasteiger partial charge in [-0.2, -0.15) is 14.5 Å². The Hall–Kier alpha value is -1.54. The van der Waals surface area contributed by atoms with E-state index in [9.17, 15) is 13.2 Å². The van der Waals surface area contributed by atoms with E-state index >= 15 is 0 Å². The van der Waals surface area contributed by atoms with Gasteiger partial charge in [0, 0.05) is 19.6 Å². The third-order valence-electron chi connectivity index (χ3n) is 4.61. The first-order chi connectivity index (χ1) is 10.4. The molecule has 2 saturated heterocycles. The molecule has 120 valence electrons.